The maximum Gasteiger partial charge on any atom is 0.272 e. The van der Waals surface area contributed by atoms with Crippen molar-refractivity contribution in [1.82, 2.24) is 14.7 Å². The standard InChI is InChI=1S/C13H21N3O/c1-3-8-16-12(4-7-14-16)13(17)15-9-5-11(2)6-10-15/h4,7,11H,3,5-6,8-10H2,1-2H3. The van der Waals surface area contributed by atoms with Gasteiger partial charge in [0.05, 0.1) is 0 Å². The number of piperidine rings is 1. The fraction of sp³-hybridized carbons (Fsp3) is 0.692. The van der Waals surface area contributed by atoms with Crippen molar-refractivity contribution in [2.24, 2.45) is 5.92 Å². The summed E-state index contributed by atoms with van der Waals surface area (Å²) in [6, 6.07) is 1.83. The molecule has 0 bridgehead atoms. The van der Waals surface area contributed by atoms with E-state index in [1.165, 1.54) is 0 Å². The molecule has 0 spiro atoms. The molecule has 1 aliphatic heterocycles. The van der Waals surface area contributed by atoms with E-state index < -0.39 is 0 Å². The van der Waals surface area contributed by atoms with Crippen molar-refractivity contribution in [2.75, 3.05) is 13.1 Å². The Bertz CT molecular complexity index is 378. The minimum Gasteiger partial charge on any atom is -0.337 e. The third-order valence-electron chi connectivity index (χ3n) is 3.44. The normalized spacial score (nSPS) is 17.4. The Morgan fingerprint density at radius 1 is 1.47 bits per heavy atom. The molecule has 0 aromatic carbocycles. The molecule has 0 unspecified atom stereocenters. The lowest BCUT2D eigenvalue weighted by molar-refractivity contribution is 0.0684. The maximum absolute atomic E-state index is 12.3. The van der Waals surface area contributed by atoms with Crippen LogP contribution in [0.3, 0.4) is 0 Å². The van der Waals surface area contributed by atoms with Crippen molar-refractivity contribution in [3.8, 4) is 0 Å². The summed E-state index contributed by atoms with van der Waals surface area (Å²) in [5, 5.41) is 4.21. The second kappa shape index (κ2) is 5.34. The zero-order valence-corrected chi connectivity index (χ0v) is 10.7. The van der Waals surface area contributed by atoms with Gasteiger partial charge in [-0.1, -0.05) is 13.8 Å². The van der Waals surface area contributed by atoms with Gasteiger partial charge < -0.3 is 4.90 Å². The average Bonchev–Trinajstić information content (AvgIpc) is 2.78. The molecule has 4 nitrogen and oxygen atoms in total. The Morgan fingerprint density at radius 2 is 2.18 bits per heavy atom. The van der Waals surface area contributed by atoms with Gasteiger partial charge in [0, 0.05) is 25.8 Å². The number of aromatic nitrogens is 2. The molecule has 1 aromatic rings. The third-order valence-corrected chi connectivity index (χ3v) is 3.44. The predicted octanol–water partition coefficient (Wildman–Crippen LogP) is 2.17. The first-order chi connectivity index (χ1) is 8.22. The van der Waals surface area contributed by atoms with Crippen LogP contribution >= 0.6 is 0 Å². The second-order valence-electron chi connectivity index (χ2n) is 4.91. The van der Waals surface area contributed by atoms with Gasteiger partial charge in [-0.15, -0.1) is 0 Å². The summed E-state index contributed by atoms with van der Waals surface area (Å²) >= 11 is 0. The smallest absolute Gasteiger partial charge is 0.272 e. The average molecular weight is 235 g/mol. The highest BCUT2D eigenvalue weighted by Crippen LogP contribution is 2.18. The lowest BCUT2D eigenvalue weighted by Crippen LogP contribution is -2.38. The predicted molar refractivity (Wildman–Crippen MR) is 66.8 cm³/mol. The number of nitrogens with zero attached hydrogens (tertiary/aromatic N) is 3. The number of rotatable bonds is 3. The van der Waals surface area contributed by atoms with Crippen LogP contribution in [0.15, 0.2) is 12.3 Å². The number of likely N-dealkylation sites (tertiary alicyclic amines) is 1. The van der Waals surface area contributed by atoms with E-state index in [2.05, 4.69) is 18.9 Å². The van der Waals surface area contributed by atoms with E-state index in [1.54, 1.807) is 6.20 Å². The summed E-state index contributed by atoms with van der Waals surface area (Å²) in [4.78, 5) is 14.3. The molecule has 94 valence electrons. The summed E-state index contributed by atoms with van der Waals surface area (Å²) in [7, 11) is 0. The summed E-state index contributed by atoms with van der Waals surface area (Å²) < 4.78 is 1.82. The summed E-state index contributed by atoms with van der Waals surface area (Å²) in [5.41, 5.74) is 0.737. The van der Waals surface area contributed by atoms with Crippen LogP contribution in [0.1, 0.15) is 43.6 Å². The van der Waals surface area contributed by atoms with Crippen molar-refractivity contribution < 1.29 is 4.79 Å². The minimum absolute atomic E-state index is 0.142. The molecule has 1 saturated heterocycles. The Morgan fingerprint density at radius 3 is 2.82 bits per heavy atom. The van der Waals surface area contributed by atoms with Crippen LogP contribution in [0.4, 0.5) is 0 Å². The number of aryl methyl sites for hydroxylation is 1. The molecule has 1 aliphatic rings. The molecular formula is C13H21N3O. The van der Waals surface area contributed by atoms with E-state index in [1.807, 2.05) is 15.6 Å². The molecule has 0 atom stereocenters. The number of amides is 1. The Hall–Kier alpha value is -1.32. The first-order valence-electron chi connectivity index (χ1n) is 6.53. The molecule has 1 amide bonds. The van der Waals surface area contributed by atoms with Gasteiger partial charge in [0.2, 0.25) is 0 Å². The van der Waals surface area contributed by atoms with Crippen LogP contribution < -0.4 is 0 Å². The van der Waals surface area contributed by atoms with E-state index in [0.717, 1.165) is 50.5 Å². The third kappa shape index (κ3) is 2.68. The number of carbonyl (C=O) groups excluding carboxylic acids is 1. The molecule has 1 aromatic heterocycles. The zero-order chi connectivity index (χ0) is 12.3. The highest BCUT2D eigenvalue weighted by Gasteiger charge is 2.23. The van der Waals surface area contributed by atoms with Crippen molar-refractivity contribution in [3.63, 3.8) is 0 Å². The molecule has 2 heterocycles. The van der Waals surface area contributed by atoms with Crippen molar-refractivity contribution in [2.45, 2.75) is 39.7 Å². The molecule has 0 radical (unpaired) electrons. The van der Waals surface area contributed by atoms with E-state index in [-0.39, 0.29) is 5.91 Å². The monoisotopic (exact) mass is 235 g/mol. The topological polar surface area (TPSA) is 38.1 Å². The largest absolute Gasteiger partial charge is 0.337 e. The second-order valence-corrected chi connectivity index (χ2v) is 4.91. The molecule has 1 fully saturated rings. The van der Waals surface area contributed by atoms with Gasteiger partial charge in [0.1, 0.15) is 5.69 Å². The van der Waals surface area contributed by atoms with Crippen LogP contribution in [-0.2, 0) is 6.54 Å². The number of hydrogen-bond acceptors (Lipinski definition) is 2. The van der Waals surface area contributed by atoms with Gasteiger partial charge in [-0.3, -0.25) is 9.48 Å². The summed E-state index contributed by atoms with van der Waals surface area (Å²) in [6.07, 6.45) is 4.95. The van der Waals surface area contributed by atoms with Gasteiger partial charge in [-0.25, -0.2) is 0 Å². The minimum atomic E-state index is 0.142. The van der Waals surface area contributed by atoms with E-state index >= 15 is 0 Å². The van der Waals surface area contributed by atoms with Gasteiger partial charge in [-0.2, -0.15) is 5.10 Å². The SMILES string of the molecule is CCCn1nccc1C(=O)N1CCC(C)CC1. The van der Waals surface area contributed by atoms with Crippen LogP contribution in [-0.4, -0.2) is 33.7 Å². The van der Waals surface area contributed by atoms with Gasteiger partial charge in [0.15, 0.2) is 0 Å². The fourth-order valence-corrected chi connectivity index (χ4v) is 2.28. The molecule has 17 heavy (non-hydrogen) atoms. The van der Waals surface area contributed by atoms with E-state index in [0.29, 0.717) is 0 Å². The number of carbonyl (C=O) groups is 1. The van der Waals surface area contributed by atoms with Crippen LogP contribution in [0.2, 0.25) is 0 Å². The zero-order valence-electron chi connectivity index (χ0n) is 10.7. The van der Waals surface area contributed by atoms with Gasteiger partial charge >= 0.3 is 0 Å². The van der Waals surface area contributed by atoms with Crippen molar-refractivity contribution in [1.29, 1.82) is 0 Å². The van der Waals surface area contributed by atoms with E-state index in [4.69, 9.17) is 0 Å². The molecular weight excluding hydrogens is 214 g/mol. The van der Waals surface area contributed by atoms with Crippen molar-refractivity contribution in [3.05, 3.63) is 18.0 Å². The highest BCUT2D eigenvalue weighted by atomic mass is 16.2. The van der Waals surface area contributed by atoms with Crippen LogP contribution in [0.5, 0.6) is 0 Å². The van der Waals surface area contributed by atoms with E-state index in [9.17, 15) is 4.79 Å². The lowest BCUT2D eigenvalue weighted by Gasteiger charge is -2.30. The lowest BCUT2D eigenvalue weighted by atomic mass is 9.99. The van der Waals surface area contributed by atoms with Gasteiger partial charge in [0.25, 0.3) is 5.91 Å². The first kappa shape index (κ1) is 12.1. The van der Waals surface area contributed by atoms with Crippen molar-refractivity contribution >= 4 is 5.91 Å². The molecule has 0 aliphatic carbocycles. The molecule has 2 rings (SSSR count). The Balaban J connectivity index is 2.06. The first-order valence-corrected chi connectivity index (χ1v) is 6.53. The summed E-state index contributed by atoms with van der Waals surface area (Å²) in [6.45, 7) is 6.94. The number of hydrogen-bond donors (Lipinski definition) is 0. The molecule has 4 heteroatoms. The quantitative estimate of drug-likeness (QED) is 0.805. The van der Waals surface area contributed by atoms with Gasteiger partial charge in [-0.05, 0) is 31.2 Å². The maximum atomic E-state index is 12.3. The fourth-order valence-electron chi connectivity index (χ4n) is 2.28. The van der Waals surface area contributed by atoms with Crippen LogP contribution in [0.25, 0.3) is 0 Å². The summed E-state index contributed by atoms with van der Waals surface area (Å²) in [5.74, 6) is 0.891. The molecule has 0 saturated carbocycles. The highest BCUT2D eigenvalue weighted by molar-refractivity contribution is 5.92. The Labute approximate surface area is 103 Å². The van der Waals surface area contributed by atoms with Crippen LogP contribution in [0, 0.1) is 5.92 Å². The molecule has 0 N–H and O–H groups in total. The Kier molecular flexibility index (Phi) is 3.82.